The van der Waals surface area contributed by atoms with E-state index in [0.29, 0.717) is 16.9 Å². The van der Waals surface area contributed by atoms with Gasteiger partial charge in [-0.25, -0.2) is 18.3 Å². The molecule has 1 atom stereocenters. The standard InChI is InChI=1S/C16H15ClFN5O2/c1-9(11-3-4-12(17)13(18)7-11)20-14(24)8-23-16(25)22-6-5-19-10(2)15(22)21-23/h3-7,9H,8H2,1-2H3,(H,20,24)/t9-/m0/s1. The van der Waals surface area contributed by atoms with Crippen molar-refractivity contribution >= 4 is 23.2 Å². The molecule has 9 heteroatoms. The van der Waals surface area contributed by atoms with E-state index in [1.165, 1.54) is 28.9 Å². The van der Waals surface area contributed by atoms with Crippen molar-refractivity contribution in [1.29, 1.82) is 0 Å². The molecule has 1 amide bonds. The fourth-order valence-corrected chi connectivity index (χ4v) is 2.58. The topological polar surface area (TPSA) is 81.3 Å². The molecule has 25 heavy (non-hydrogen) atoms. The lowest BCUT2D eigenvalue weighted by molar-refractivity contribution is -0.122. The van der Waals surface area contributed by atoms with Crippen LogP contribution in [0.25, 0.3) is 5.65 Å². The van der Waals surface area contributed by atoms with Crippen LogP contribution in [0.1, 0.15) is 24.2 Å². The first-order valence-corrected chi connectivity index (χ1v) is 7.89. The minimum atomic E-state index is -0.556. The Labute approximate surface area is 147 Å². The van der Waals surface area contributed by atoms with Gasteiger partial charge in [0.25, 0.3) is 0 Å². The second-order valence-corrected chi connectivity index (χ2v) is 6.02. The van der Waals surface area contributed by atoms with Gasteiger partial charge >= 0.3 is 5.69 Å². The van der Waals surface area contributed by atoms with Crippen LogP contribution in [0.2, 0.25) is 5.02 Å². The van der Waals surface area contributed by atoms with Crippen LogP contribution in [0.15, 0.2) is 35.4 Å². The third kappa shape index (κ3) is 3.39. The molecule has 1 aromatic carbocycles. The average molecular weight is 364 g/mol. The van der Waals surface area contributed by atoms with Gasteiger partial charge in [-0.05, 0) is 31.5 Å². The summed E-state index contributed by atoms with van der Waals surface area (Å²) in [6.07, 6.45) is 2.98. The zero-order valence-electron chi connectivity index (χ0n) is 13.5. The Balaban J connectivity index is 1.76. The molecule has 0 aliphatic rings. The largest absolute Gasteiger partial charge is 0.350 e. The number of halogens is 2. The highest BCUT2D eigenvalue weighted by atomic mass is 35.5. The lowest BCUT2D eigenvalue weighted by Gasteiger charge is -2.14. The number of hydrogen-bond acceptors (Lipinski definition) is 4. The van der Waals surface area contributed by atoms with E-state index in [9.17, 15) is 14.0 Å². The number of aromatic nitrogens is 4. The predicted molar refractivity (Wildman–Crippen MR) is 90.0 cm³/mol. The van der Waals surface area contributed by atoms with Crippen molar-refractivity contribution in [1.82, 2.24) is 24.5 Å². The molecule has 0 bridgehead atoms. The third-order valence-corrected chi connectivity index (χ3v) is 4.10. The molecule has 2 aromatic heterocycles. The second kappa shape index (κ2) is 6.64. The second-order valence-electron chi connectivity index (χ2n) is 5.61. The molecular weight excluding hydrogens is 349 g/mol. The number of rotatable bonds is 4. The van der Waals surface area contributed by atoms with Gasteiger partial charge in [-0.3, -0.25) is 9.78 Å². The number of carbonyl (C=O) groups is 1. The van der Waals surface area contributed by atoms with Gasteiger partial charge in [0, 0.05) is 12.4 Å². The van der Waals surface area contributed by atoms with E-state index in [4.69, 9.17) is 11.6 Å². The number of nitrogens with one attached hydrogen (secondary N) is 1. The lowest BCUT2D eigenvalue weighted by atomic mass is 10.1. The molecule has 3 aromatic rings. The molecule has 0 saturated carbocycles. The summed E-state index contributed by atoms with van der Waals surface area (Å²) in [7, 11) is 0. The Hall–Kier alpha value is -2.74. The summed E-state index contributed by atoms with van der Waals surface area (Å²) in [6.45, 7) is 3.19. The Morgan fingerprint density at radius 1 is 1.44 bits per heavy atom. The smallest absolute Gasteiger partial charge is 0.348 e. The van der Waals surface area contributed by atoms with Crippen molar-refractivity contribution in [2.45, 2.75) is 26.4 Å². The van der Waals surface area contributed by atoms with Crippen molar-refractivity contribution in [2.75, 3.05) is 0 Å². The highest BCUT2D eigenvalue weighted by molar-refractivity contribution is 6.30. The number of nitrogens with zero attached hydrogens (tertiary/aromatic N) is 4. The molecule has 0 spiro atoms. The summed E-state index contributed by atoms with van der Waals surface area (Å²) in [4.78, 5) is 28.5. The molecule has 0 aliphatic heterocycles. The van der Waals surface area contributed by atoms with Crippen molar-refractivity contribution in [2.24, 2.45) is 0 Å². The maximum absolute atomic E-state index is 13.5. The Morgan fingerprint density at radius 2 is 2.20 bits per heavy atom. The quantitative estimate of drug-likeness (QED) is 0.767. The van der Waals surface area contributed by atoms with Gasteiger partial charge in [-0.15, -0.1) is 5.10 Å². The summed E-state index contributed by atoms with van der Waals surface area (Å²) < 4.78 is 15.9. The van der Waals surface area contributed by atoms with Gasteiger partial charge in [0.15, 0.2) is 5.65 Å². The van der Waals surface area contributed by atoms with Crippen LogP contribution in [-0.4, -0.2) is 25.1 Å². The zero-order valence-corrected chi connectivity index (χ0v) is 14.3. The number of aryl methyl sites for hydroxylation is 1. The summed E-state index contributed by atoms with van der Waals surface area (Å²) in [5, 5.41) is 6.84. The summed E-state index contributed by atoms with van der Waals surface area (Å²) in [6, 6.07) is 3.87. The van der Waals surface area contributed by atoms with Gasteiger partial charge in [0.05, 0.1) is 16.8 Å². The summed E-state index contributed by atoms with van der Waals surface area (Å²) in [5.74, 6) is -0.973. The van der Waals surface area contributed by atoms with Crippen LogP contribution in [0.5, 0.6) is 0 Å². The first kappa shape index (κ1) is 17.1. The van der Waals surface area contributed by atoms with Gasteiger partial charge < -0.3 is 5.32 Å². The van der Waals surface area contributed by atoms with Gasteiger partial charge in [0.2, 0.25) is 5.91 Å². The molecule has 0 saturated heterocycles. The first-order chi connectivity index (χ1) is 11.9. The normalized spacial score (nSPS) is 12.3. The number of benzene rings is 1. The van der Waals surface area contributed by atoms with Crippen molar-refractivity contribution in [3.05, 3.63) is 63.2 Å². The van der Waals surface area contributed by atoms with Crippen LogP contribution in [-0.2, 0) is 11.3 Å². The van der Waals surface area contributed by atoms with Gasteiger partial charge in [-0.1, -0.05) is 17.7 Å². The molecule has 2 heterocycles. The van der Waals surface area contributed by atoms with E-state index >= 15 is 0 Å². The highest BCUT2D eigenvalue weighted by Crippen LogP contribution is 2.20. The van der Waals surface area contributed by atoms with E-state index < -0.39 is 23.5 Å². The lowest BCUT2D eigenvalue weighted by Crippen LogP contribution is -2.34. The molecule has 0 fully saturated rings. The maximum atomic E-state index is 13.5. The van der Waals surface area contributed by atoms with Crippen molar-refractivity contribution < 1.29 is 9.18 Å². The molecule has 0 radical (unpaired) electrons. The van der Waals surface area contributed by atoms with E-state index in [0.717, 1.165) is 4.68 Å². The fourth-order valence-electron chi connectivity index (χ4n) is 2.46. The maximum Gasteiger partial charge on any atom is 0.350 e. The van der Waals surface area contributed by atoms with Gasteiger partial charge in [-0.2, -0.15) is 0 Å². The van der Waals surface area contributed by atoms with E-state index in [1.54, 1.807) is 19.9 Å². The van der Waals surface area contributed by atoms with Crippen LogP contribution >= 0.6 is 11.6 Å². The number of fused-ring (bicyclic) bond motifs is 1. The van der Waals surface area contributed by atoms with Crippen molar-refractivity contribution in [3.8, 4) is 0 Å². The molecule has 3 rings (SSSR count). The van der Waals surface area contributed by atoms with Crippen LogP contribution < -0.4 is 11.0 Å². The van der Waals surface area contributed by atoms with E-state index in [-0.39, 0.29) is 11.6 Å². The monoisotopic (exact) mass is 363 g/mol. The SMILES string of the molecule is Cc1nccn2c(=O)n(CC(=O)N[C@@H](C)c3ccc(Cl)c(F)c3)nc12. The van der Waals surface area contributed by atoms with Gasteiger partial charge in [0.1, 0.15) is 12.4 Å². The molecule has 0 aliphatic carbocycles. The molecular formula is C16H15ClFN5O2. The van der Waals surface area contributed by atoms with E-state index in [2.05, 4.69) is 15.4 Å². The molecule has 0 unspecified atom stereocenters. The molecule has 1 N–H and O–H groups in total. The zero-order chi connectivity index (χ0) is 18.1. The molecule has 130 valence electrons. The predicted octanol–water partition coefficient (Wildman–Crippen LogP) is 1.87. The number of amides is 1. The summed E-state index contributed by atoms with van der Waals surface area (Å²) in [5.41, 5.74) is 1.12. The average Bonchev–Trinajstić information content (AvgIpc) is 2.88. The van der Waals surface area contributed by atoms with Crippen LogP contribution in [0, 0.1) is 12.7 Å². The highest BCUT2D eigenvalue weighted by Gasteiger charge is 2.15. The van der Waals surface area contributed by atoms with Crippen LogP contribution in [0.3, 0.4) is 0 Å². The number of hydrogen-bond donors (Lipinski definition) is 1. The summed E-state index contributed by atoms with van der Waals surface area (Å²) >= 11 is 5.65. The fraction of sp³-hybridized carbons (Fsp3) is 0.250. The first-order valence-electron chi connectivity index (χ1n) is 7.52. The Kier molecular flexibility index (Phi) is 4.54. The van der Waals surface area contributed by atoms with E-state index in [1.807, 2.05) is 0 Å². The Bertz CT molecular complexity index is 1010. The van der Waals surface area contributed by atoms with Crippen molar-refractivity contribution in [3.63, 3.8) is 0 Å². The minimum absolute atomic E-state index is 0.0162. The minimum Gasteiger partial charge on any atom is -0.348 e. The Morgan fingerprint density at radius 3 is 2.88 bits per heavy atom. The molecule has 7 nitrogen and oxygen atoms in total. The number of carbonyl (C=O) groups excluding carboxylic acids is 1. The van der Waals surface area contributed by atoms with Crippen LogP contribution in [0.4, 0.5) is 4.39 Å². The third-order valence-electron chi connectivity index (χ3n) is 3.79.